The number of nitrogens with zero attached hydrogens (tertiary/aromatic N) is 3. The van der Waals surface area contributed by atoms with E-state index < -0.39 is 10.0 Å². The highest BCUT2D eigenvalue weighted by atomic mass is 32.2. The first kappa shape index (κ1) is 15.1. The third kappa shape index (κ3) is 2.90. The average Bonchev–Trinajstić information content (AvgIpc) is 3.17. The second kappa shape index (κ2) is 6.15. The van der Waals surface area contributed by atoms with Crippen LogP contribution in [0.25, 0.3) is 0 Å². The molecule has 1 aliphatic heterocycles. The number of aromatic nitrogens is 3. The van der Waals surface area contributed by atoms with E-state index in [9.17, 15) is 8.42 Å². The topological polar surface area (TPSA) is 99.2 Å². The van der Waals surface area contributed by atoms with Gasteiger partial charge in [0.1, 0.15) is 4.90 Å². The van der Waals surface area contributed by atoms with Crippen LogP contribution >= 0.6 is 0 Å². The monoisotopic (exact) mass is 322 g/mol. The van der Waals surface area contributed by atoms with Crippen molar-refractivity contribution in [2.75, 3.05) is 19.7 Å². The summed E-state index contributed by atoms with van der Waals surface area (Å²) in [5.41, 5.74) is 1.72. The molecule has 0 amide bonds. The maximum Gasteiger partial charge on any atom is 0.244 e. The van der Waals surface area contributed by atoms with Gasteiger partial charge in [0.25, 0.3) is 0 Å². The van der Waals surface area contributed by atoms with Gasteiger partial charge in [0.2, 0.25) is 10.0 Å². The highest BCUT2D eigenvalue weighted by Crippen LogP contribution is 2.30. The molecule has 1 unspecified atom stereocenters. The molecular weight excluding hydrogens is 304 g/mol. The summed E-state index contributed by atoms with van der Waals surface area (Å²) in [6, 6.07) is 5.08. The SMILES string of the molecule is O=S(=O)(c1cccnc1)N1CCC(c2cc(CCO)[nH]n2)C1. The lowest BCUT2D eigenvalue weighted by Gasteiger charge is -2.15. The minimum Gasteiger partial charge on any atom is -0.396 e. The fraction of sp³-hybridized carbons (Fsp3) is 0.429. The van der Waals surface area contributed by atoms with Crippen molar-refractivity contribution in [3.8, 4) is 0 Å². The normalized spacial score (nSPS) is 19.6. The highest BCUT2D eigenvalue weighted by molar-refractivity contribution is 7.89. The summed E-state index contributed by atoms with van der Waals surface area (Å²) in [6.45, 7) is 0.957. The van der Waals surface area contributed by atoms with Gasteiger partial charge in [0.05, 0.1) is 5.69 Å². The van der Waals surface area contributed by atoms with Crippen LogP contribution in [0.5, 0.6) is 0 Å². The lowest BCUT2D eigenvalue weighted by molar-refractivity contribution is 0.298. The number of pyridine rings is 1. The Kier molecular flexibility index (Phi) is 4.23. The Balaban J connectivity index is 1.74. The van der Waals surface area contributed by atoms with Crippen molar-refractivity contribution in [3.63, 3.8) is 0 Å². The molecule has 3 heterocycles. The van der Waals surface area contributed by atoms with Gasteiger partial charge in [-0.2, -0.15) is 9.40 Å². The molecule has 8 heteroatoms. The van der Waals surface area contributed by atoms with Crippen LogP contribution < -0.4 is 0 Å². The van der Waals surface area contributed by atoms with Crippen LogP contribution in [0.15, 0.2) is 35.5 Å². The predicted octanol–water partition coefficient (Wildman–Crippen LogP) is 0.518. The zero-order chi connectivity index (χ0) is 15.6. The van der Waals surface area contributed by atoms with Crippen molar-refractivity contribution in [1.82, 2.24) is 19.5 Å². The van der Waals surface area contributed by atoms with E-state index >= 15 is 0 Å². The van der Waals surface area contributed by atoms with Crippen LogP contribution in [0, 0.1) is 0 Å². The van der Waals surface area contributed by atoms with Crippen LogP contribution in [0.4, 0.5) is 0 Å². The summed E-state index contributed by atoms with van der Waals surface area (Å²) in [6.07, 6.45) is 4.19. The minimum absolute atomic E-state index is 0.0633. The van der Waals surface area contributed by atoms with E-state index in [4.69, 9.17) is 5.11 Å². The largest absolute Gasteiger partial charge is 0.396 e. The second-order valence-corrected chi connectivity index (χ2v) is 7.27. The van der Waals surface area contributed by atoms with Crippen molar-refractivity contribution in [2.45, 2.75) is 23.7 Å². The maximum atomic E-state index is 12.5. The molecule has 2 aromatic heterocycles. The molecule has 22 heavy (non-hydrogen) atoms. The summed E-state index contributed by atoms with van der Waals surface area (Å²) in [5, 5.41) is 16.0. The second-order valence-electron chi connectivity index (χ2n) is 5.33. The van der Waals surface area contributed by atoms with E-state index in [0.29, 0.717) is 19.5 Å². The molecule has 0 radical (unpaired) electrons. The van der Waals surface area contributed by atoms with Gasteiger partial charge in [0.15, 0.2) is 0 Å². The van der Waals surface area contributed by atoms with E-state index in [2.05, 4.69) is 15.2 Å². The van der Waals surface area contributed by atoms with Crippen molar-refractivity contribution in [3.05, 3.63) is 42.0 Å². The first-order chi connectivity index (χ1) is 10.6. The van der Waals surface area contributed by atoms with E-state index in [1.54, 1.807) is 18.3 Å². The molecule has 2 aromatic rings. The third-order valence-electron chi connectivity index (χ3n) is 3.87. The van der Waals surface area contributed by atoms with Crippen LogP contribution in [-0.4, -0.2) is 52.7 Å². The number of sulfonamides is 1. The molecule has 0 bridgehead atoms. The molecule has 2 N–H and O–H groups in total. The van der Waals surface area contributed by atoms with Gasteiger partial charge in [-0.3, -0.25) is 10.1 Å². The van der Waals surface area contributed by atoms with E-state index in [1.807, 2.05) is 6.07 Å². The van der Waals surface area contributed by atoms with E-state index in [-0.39, 0.29) is 17.4 Å². The van der Waals surface area contributed by atoms with Gasteiger partial charge in [0, 0.05) is 50.1 Å². The molecule has 0 aromatic carbocycles. The molecule has 3 rings (SSSR count). The van der Waals surface area contributed by atoms with Crippen molar-refractivity contribution < 1.29 is 13.5 Å². The molecule has 1 fully saturated rings. The number of aromatic amines is 1. The molecule has 1 atom stereocenters. The first-order valence-corrected chi connectivity index (χ1v) is 8.60. The summed E-state index contributed by atoms with van der Waals surface area (Å²) in [5.74, 6) is 0.0788. The summed E-state index contributed by atoms with van der Waals surface area (Å²) >= 11 is 0. The smallest absolute Gasteiger partial charge is 0.244 e. The van der Waals surface area contributed by atoms with Crippen LogP contribution in [0.1, 0.15) is 23.7 Å². The number of hydrogen-bond donors (Lipinski definition) is 2. The first-order valence-electron chi connectivity index (χ1n) is 7.16. The van der Waals surface area contributed by atoms with Gasteiger partial charge in [-0.05, 0) is 24.6 Å². The van der Waals surface area contributed by atoms with Crippen molar-refractivity contribution >= 4 is 10.0 Å². The summed E-state index contributed by atoms with van der Waals surface area (Å²) < 4.78 is 26.6. The predicted molar refractivity (Wildman–Crippen MR) is 79.7 cm³/mol. The van der Waals surface area contributed by atoms with Crippen molar-refractivity contribution in [1.29, 1.82) is 0 Å². The zero-order valence-corrected chi connectivity index (χ0v) is 12.8. The van der Waals surface area contributed by atoms with E-state index in [0.717, 1.165) is 17.8 Å². The van der Waals surface area contributed by atoms with Crippen LogP contribution in [-0.2, 0) is 16.4 Å². The average molecular weight is 322 g/mol. The Morgan fingerprint density at radius 2 is 2.32 bits per heavy atom. The van der Waals surface area contributed by atoms with E-state index in [1.165, 1.54) is 10.5 Å². The number of hydrogen-bond acceptors (Lipinski definition) is 5. The number of nitrogens with one attached hydrogen (secondary N) is 1. The summed E-state index contributed by atoms with van der Waals surface area (Å²) in [7, 11) is -3.49. The molecule has 0 spiro atoms. The molecule has 118 valence electrons. The quantitative estimate of drug-likeness (QED) is 0.836. The Morgan fingerprint density at radius 1 is 1.45 bits per heavy atom. The Hall–Kier alpha value is -1.77. The number of aliphatic hydroxyl groups excluding tert-OH is 1. The lowest BCUT2D eigenvalue weighted by Crippen LogP contribution is -2.28. The van der Waals surface area contributed by atoms with Gasteiger partial charge >= 0.3 is 0 Å². The van der Waals surface area contributed by atoms with Crippen LogP contribution in [0.3, 0.4) is 0 Å². The minimum atomic E-state index is -3.49. The van der Waals surface area contributed by atoms with Crippen LogP contribution in [0.2, 0.25) is 0 Å². The number of H-pyrrole nitrogens is 1. The fourth-order valence-corrected chi connectivity index (χ4v) is 4.14. The highest BCUT2D eigenvalue weighted by Gasteiger charge is 2.34. The molecule has 1 saturated heterocycles. The van der Waals surface area contributed by atoms with Gasteiger partial charge in [-0.15, -0.1) is 0 Å². The Bertz CT molecular complexity index is 730. The third-order valence-corrected chi connectivity index (χ3v) is 5.72. The number of rotatable bonds is 5. The Morgan fingerprint density at radius 3 is 3.05 bits per heavy atom. The standard InChI is InChI=1S/C14H18N4O3S/c19-7-4-12-8-14(17-16-12)11-3-6-18(10-11)22(20,21)13-2-1-5-15-9-13/h1-2,5,8-9,11,19H,3-4,6-7,10H2,(H,16,17). The maximum absolute atomic E-state index is 12.5. The summed E-state index contributed by atoms with van der Waals surface area (Å²) in [4.78, 5) is 4.10. The molecule has 0 aliphatic carbocycles. The molecule has 7 nitrogen and oxygen atoms in total. The molecule has 1 aliphatic rings. The zero-order valence-electron chi connectivity index (χ0n) is 12.0. The van der Waals surface area contributed by atoms with Crippen molar-refractivity contribution in [2.24, 2.45) is 0 Å². The fourth-order valence-electron chi connectivity index (χ4n) is 2.67. The van der Waals surface area contributed by atoms with Gasteiger partial charge in [-0.25, -0.2) is 8.42 Å². The van der Waals surface area contributed by atoms with Gasteiger partial charge in [-0.1, -0.05) is 0 Å². The number of aliphatic hydroxyl groups is 1. The van der Waals surface area contributed by atoms with Gasteiger partial charge < -0.3 is 5.11 Å². The lowest BCUT2D eigenvalue weighted by atomic mass is 10.0. The molecular formula is C14H18N4O3S. The molecule has 0 saturated carbocycles. The Labute approximate surface area is 129 Å².